The van der Waals surface area contributed by atoms with Gasteiger partial charge >= 0.3 is 0 Å². The summed E-state index contributed by atoms with van der Waals surface area (Å²) >= 11 is 0. The summed E-state index contributed by atoms with van der Waals surface area (Å²) in [5.41, 5.74) is 1.63. The van der Waals surface area contributed by atoms with Crippen molar-refractivity contribution in [1.82, 2.24) is 25.2 Å². The molecule has 0 amide bonds. The maximum atomic E-state index is 5.33. The molecule has 0 bridgehead atoms. The summed E-state index contributed by atoms with van der Waals surface area (Å²) in [6, 6.07) is 11.3. The van der Waals surface area contributed by atoms with Gasteiger partial charge in [0.2, 0.25) is 0 Å². The zero-order valence-electron chi connectivity index (χ0n) is 10.3. The molecule has 0 fully saturated rings. The van der Waals surface area contributed by atoms with Gasteiger partial charge < -0.3 is 4.74 Å². The first-order valence-corrected chi connectivity index (χ1v) is 5.72. The molecule has 94 valence electrons. The highest BCUT2D eigenvalue weighted by atomic mass is 16.5. The Morgan fingerprint density at radius 3 is 2.79 bits per heavy atom. The number of tetrazole rings is 1. The molecule has 0 aliphatic carbocycles. The molecule has 0 atom stereocenters. The summed E-state index contributed by atoms with van der Waals surface area (Å²) < 4.78 is 6.96. The van der Waals surface area contributed by atoms with E-state index in [1.807, 2.05) is 36.4 Å². The lowest BCUT2D eigenvalue weighted by Gasteiger charge is -2.08. The van der Waals surface area contributed by atoms with E-state index in [0.29, 0.717) is 11.6 Å². The highest BCUT2D eigenvalue weighted by Crippen LogP contribution is 2.25. The SMILES string of the molecule is COc1ccccc1-n1nnnc1-c1cccnc1. The van der Waals surface area contributed by atoms with E-state index in [1.54, 1.807) is 24.2 Å². The second-order valence-electron chi connectivity index (χ2n) is 3.83. The molecule has 1 aromatic carbocycles. The molecule has 19 heavy (non-hydrogen) atoms. The van der Waals surface area contributed by atoms with Crippen LogP contribution < -0.4 is 4.74 Å². The lowest BCUT2D eigenvalue weighted by atomic mass is 10.2. The molecule has 6 nitrogen and oxygen atoms in total. The first-order chi connectivity index (χ1) is 9.40. The van der Waals surface area contributed by atoms with Crippen molar-refractivity contribution in [1.29, 1.82) is 0 Å². The molecule has 0 saturated heterocycles. The van der Waals surface area contributed by atoms with Crippen molar-refractivity contribution in [3.8, 4) is 22.8 Å². The van der Waals surface area contributed by atoms with Gasteiger partial charge in [-0.3, -0.25) is 4.98 Å². The lowest BCUT2D eigenvalue weighted by Crippen LogP contribution is -2.02. The van der Waals surface area contributed by atoms with Crippen molar-refractivity contribution in [2.24, 2.45) is 0 Å². The molecule has 0 spiro atoms. The van der Waals surface area contributed by atoms with E-state index in [4.69, 9.17) is 4.74 Å². The molecule has 0 aliphatic rings. The number of para-hydroxylation sites is 2. The molecular formula is C13H11N5O. The third-order valence-corrected chi connectivity index (χ3v) is 2.70. The van der Waals surface area contributed by atoms with E-state index in [0.717, 1.165) is 11.3 Å². The molecule has 0 radical (unpaired) electrons. The highest BCUT2D eigenvalue weighted by Gasteiger charge is 2.13. The zero-order chi connectivity index (χ0) is 13.1. The van der Waals surface area contributed by atoms with Crippen molar-refractivity contribution >= 4 is 0 Å². The number of pyridine rings is 1. The van der Waals surface area contributed by atoms with Gasteiger partial charge in [-0.2, -0.15) is 4.68 Å². The van der Waals surface area contributed by atoms with Gasteiger partial charge in [-0.15, -0.1) is 5.10 Å². The molecule has 6 heteroatoms. The number of rotatable bonds is 3. The molecule has 3 rings (SSSR count). The highest BCUT2D eigenvalue weighted by molar-refractivity contribution is 5.58. The van der Waals surface area contributed by atoms with E-state index in [9.17, 15) is 0 Å². The molecule has 0 aliphatic heterocycles. The molecule has 0 unspecified atom stereocenters. The molecule has 0 N–H and O–H groups in total. The monoisotopic (exact) mass is 253 g/mol. The van der Waals surface area contributed by atoms with E-state index < -0.39 is 0 Å². The Hall–Kier alpha value is -2.76. The molecule has 0 saturated carbocycles. The minimum absolute atomic E-state index is 0.623. The van der Waals surface area contributed by atoms with Crippen LogP contribution in [0, 0.1) is 0 Å². The van der Waals surface area contributed by atoms with Crippen molar-refractivity contribution in [3.63, 3.8) is 0 Å². The van der Waals surface area contributed by atoms with Gasteiger partial charge in [-0.05, 0) is 34.7 Å². The van der Waals surface area contributed by atoms with Gasteiger partial charge in [0, 0.05) is 18.0 Å². The van der Waals surface area contributed by atoms with Gasteiger partial charge in [-0.25, -0.2) is 0 Å². The number of aromatic nitrogens is 5. The van der Waals surface area contributed by atoms with Crippen LogP contribution in [0.5, 0.6) is 5.75 Å². The molecular weight excluding hydrogens is 242 g/mol. The normalized spacial score (nSPS) is 10.4. The second kappa shape index (κ2) is 4.85. The molecule has 2 heterocycles. The van der Waals surface area contributed by atoms with Crippen LogP contribution in [-0.2, 0) is 0 Å². The van der Waals surface area contributed by atoms with Crippen molar-refractivity contribution in [3.05, 3.63) is 48.8 Å². The van der Waals surface area contributed by atoms with Gasteiger partial charge in [0.25, 0.3) is 0 Å². The van der Waals surface area contributed by atoms with Crippen molar-refractivity contribution < 1.29 is 4.74 Å². The van der Waals surface area contributed by atoms with Crippen LogP contribution in [0.2, 0.25) is 0 Å². The predicted octanol–water partition coefficient (Wildman–Crippen LogP) is 1.73. The summed E-state index contributed by atoms with van der Waals surface area (Å²) in [6.07, 6.45) is 3.43. The number of nitrogens with zero attached hydrogens (tertiary/aromatic N) is 5. The second-order valence-corrected chi connectivity index (χ2v) is 3.83. The average molecular weight is 253 g/mol. The summed E-state index contributed by atoms with van der Waals surface area (Å²) in [7, 11) is 1.62. The molecule has 2 aromatic heterocycles. The largest absolute Gasteiger partial charge is 0.494 e. The summed E-state index contributed by atoms with van der Waals surface area (Å²) in [5, 5.41) is 11.8. The van der Waals surface area contributed by atoms with Crippen LogP contribution >= 0.6 is 0 Å². The van der Waals surface area contributed by atoms with Crippen LogP contribution in [0.15, 0.2) is 48.8 Å². The van der Waals surface area contributed by atoms with Crippen LogP contribution in [0.1, 0.15) is 0 Å². The van der Waals surface area contributed by atoms with Crippen LogP contribution in [0.25, 0.3) is 17.1 Å². The standard InChI is InChI=1S/C13H11N5O/c1-19-12-7-3-2-6-11(12)18-13(15-16-17-18)10-5-4-8-14-9-10/h2-9H,1H3. The Morgan fingerprint density at radius 2 is 2.00 bits per heavy atom. The first kappa shape index (κ1) is 11.3. The quantitative estimate of drug-likeness (QED) is 0.711. The fraction of sp³-hybridized carbons (Fsp3) is 0.0769. The van der Waals surface area contributed by atoms with Gasteiger partial charge in [0.1, 0.15) is 11.4 Å². The summed E-state index contributed by atoms with van der Waals surface area (Å²) in [6.45, 7) is 0. The summed E-state index contributed by atoms with van der Waals surface area (Å²) in [5.74, 6) is 1.33. The number of hydrogen-bond donors (Lipinski definition) is 0. The summed E-state index contributed by atoms with van der Waals surface area (Å²) in [4.78, 5) is 4.08. The van der Waals surface area contributed by atoms with Gasteiger partial charge in [-0.1, -0.05) is 12.1 Å². The van der Waals surface area contributed by atoms with Crippen LogP contribution in [0.4, 0.5) is 0 Å². The third-order valence-electron chi connectivity index (χ3n) is 2.70. The minimum atomic E-state index is 0.623. The van der Waals surface area contributed by atoms with E-state index >= 15 is 0 Å². The maximum absolute atomic E-state index is 5.33. The lowest BCUT2D eigenvalue weighted by molar-refractivity contribution is 0.411. The number of ether oxygens (including phenoxy) is 1. The first-order valence-electron chi connectivity index (χ1n) is 5.72. The van der Waals surface area contributed by atoms with E-state index in [-0.39, 0.29) is 0 Å². The fourth-order valence-corrected chi connectivity index (χ4v) is 1.83. The van der Waals surface area contributed by atoms with E-state index in [2.05, 4.69) is 20.5 Å². The maximum Gasteiger partial charge on any atom is 0.188 e. The smallest absolute Gasteiger partial charge is 0.188 e. The van der Waals surface area contributed by atoms with Crippen molar-refractivity contribution in [2.45, 2.75) is 0 Å². The Morgan fingerprint density at radius 1 is 1.11 bits per heavy atom. The zero-order valence-corrected chi connectivity index (χ0v) is 10.3. The predicted molar refractivity (Wildman–Crippen MR) is 68.9 cm³/mol. The third kappa shape index (κ3) is 2.03. The Bertz CT molecular complexity index is 680. The van der Waals surface area contributed by atoms with Crippen molar-refractivity contribution in [2.75, 3.05) is 7.11 Å². The number of benzene rings is 1. The Kier molecular flexibility index (Phi) is 2.89. The average Bonchev–Trinajstić information content (AvgIpc) is 2.97. The fourth-order valence-electron chi connectivity index (χ4n) is 1.83. The van der Waals surface area contributed by atoms with Crippen LogP contribution in [-0.4, -0.2) is 32.3 Å². The number of methoxy groups -OCH3 is 1. The minimum Gasteiger partial charge on any atom is -0.494 e. The topological polar surface area (TPSA) is 65.7 Å². The van der Waals surface area contributed by atoms with Gasteiger partial charge in [0.05, 0.1) is 7.11 Å². The molecule has 3 aromatic rings. The van der Waals surface area contributed by atoms with E-state index in [1.165, 1.54) is 0 Å². The Labute approximate surface area is 109 Å². The number of hydrogen-bond acceptors (Lipinski definition) is 5. The Balaban J connectivity index is 2.15. The van der Waals surface area contributed by atoms with Gasteiger partial charge in [0.15, 0.2) is 5.82 Å². The van der Waals surface area contributed by atoms with Crippen LogP contribution in [0.3, 0.4) is 0 Å².